The summed E-state index contributed by atoms with van der Waals surface area (Å²) < 4.78 is 5.38. The number of piperazine rings is 1. The average Bonchev–Trinajstić information content (AvgIpc) is 3.26. The van der Waals surface area contributed by atoms with Crippen LogP contribution in [-0.2, 0) is 16.1 Å². The van der Waals surface area contributed by atoms with Gasteiger partial charge in [0.1, 0.15) is 17.3 Å². The first-order chi connectivity index (χ1) is 15.4. The summed E-state index contributed by atoms with van der Waals surface area (Å²) in [5.41, 5.74) is -0.776. The van der Waals surface area contributed by atoms with Crippen LogP contribution in [0.25, 0.3) is 0 Å². The zero-order chi connectivity index (χ0) is 22.7. The number of carboxylic acids is 1. The average molecular weight is 446 g/mol. The molecule has 3 aliphatic rings. The Bertz CT molecular complexity index is 836. The maximum atomic E-state index is 13.5. The molecular weight excluding hydrogens is 410 g/mol. The molecule has 1 atom stereocenters. The number of aromatic carboxylic acids is 1. The summed E-state index contributed by atoms with van der Waals surface area (Å²) >= 11 is 0. The van der Waals surface area contributed by atoms with Gasteiger partial charge < -0.3 is 19.7 Å². The Kier molecular flexibility index (Phi) is 6.88. The van der Waals surface area contributed by atoms with Crippen molar-refractivity contribution in [2.75, 3.05) is 19.6 Å². The number of nitrogens with zero attached hydrogens (tertiary/aromatic N) is 2. The third-order valence-corrected chi connectivity index (χ3v) is 7.48. The fourth-order valence-electron chi connectivity index (χ4n) is 5.72. The molecule has 1 unspecified atom stereocenters. The van der Waals surface area contributed by atoms with Crippen LogP contribution in [0.15, 0.2) is 16.5 Å². The van der Waals surface area contributed by atoms with Gasteiger partial charge in [-0.2, -0.15) is 0 Å². The van der Waals surface area contributed by atoms with E-state index in [4.69, 9.17) is 9.52 Å². The van der Waals surface area contributed by atoms with E-state index in [1.54, 1.807) is 6.07 Å². The number of piperidine rings is 1. The van der Waals surface area contributed by atoms with Crippen molar-refractivity contribution in [1.82, 2.24) is 15.1 Å². The molecule has 3 heterocycles. The molecule has 8 nitrogen and oxygen atoms in total. The van der Waals surface area contributed by atoms with Crippen LogP contribution in [0, 0.1) is 5.92 Å². The molecule has 1 saturated carbocycles. The SMILES string of the molecule is CCCN1C(=O)C(CC2CCCCC2)NC(=O)C12CCN(Cc1ccc(C(=O)O)o1)CC2. The normalized spacial score (nSPS) is 24.7. The van der Waals surface area contributed by atoms with Crippen molar-refractivity contribution in [1.29, 1.82) is 0 Å². The smallest absolute Gasteiger partial charge is 0.371 e. The van der Waals surface area contributed by atoms with Gasteiger partial charge in [0.25, 0.3) is 0 Å². The first kappa shape index (κ1) is 22.8. The lowest BCUT2D eigenvalue weighted by molar-refractivity contribution is -0.162. The predicted octanol–water partition coefficient (Wildman–Crippen LogP) is 3.02. The van der Waals surface area contributed by atoms with Crippen molar-refractivity contribution in [3.63, 3.8) is 0 Å². The van der Waals surface area contributed by atoms with Gasteiger partial charge in [-0.05, 0) is 43.7 Å². The van der Waals surface area contributed by atoms with Crippen LogP contribution in [0.3, 0.4) is 0 Å². The second-order valence-corrected chi connectivity index (χ2v) is 9.63. The van der Waals surface area contributed by atoms with E-state index in [2.05, 4.69) is 17.1 Å². The van der Waals surface area contributed by atoms with Crippen LogP contribution in [0.5, 0.6) is 0 Å². The molecule has 2 amide bonds. The summed E-state index contributed by atoms with van der Waals surface area (Å²) in [6.07, 6.45) is 8.78. The minimum Gasteiger partial charge on any atom is -0.475 e. The molecule has 2 N–H and O–H groups in total. The van der Waals surface area contributed by atoms with Crippen LogP contribution in [0.4, 0.5) is 0 Å². The number of carboxylic acid groups (broad SMARTS) is 1. The molecule has 1 aliphatic carbocycles. The van der Waals surface area contributed by atoms with Crippen molar-refractivity contribution in [2.24, 2.45) is 5.92 Å². The van der Waals surface area contributed by atoms with Gasteiger partial charge in [-0.3, -0.25) is 14.5 Å². The summed E-state index contributed by atoms with van der Waals surface area (Å²) in [6.45, 7) is 4.45. The predicted molar refractivity (Wildman–Crippen MR) is 118 cm³/mol. The topological polar surface area (TPSA) is 103 Å². The zero-order valence-electron chi connectivity index (χ0n) is 19.0. The van der Waals surface area contributed by atoms with E-state index in [0.29, 0.717) is 50.7 Å². The summed E-state index contributed by atoms with van der Waals surface area (Å²) in [6, 6.07) is 2.76. The standard InChI is InChI=1S/C24H35N3O5/c1-2-12-27-21(28)19(15-17-6-4-3-5-7-17)25-23(31)24(27)10-13-26(14-11-24)16-18-8-9-20(32-18)22(29)30/h8-9,17,19H,2-7,10-16H2,1H3,(H,25,31)(H,29,30). The fraction of sp³-hybridized carbons (Fsp3) is 0.708. The fourth-order valence-corrected chi connectivity index (χ4v) is 5.72. The molecule has 0 aromatic carbocycles. The number of likely N-dealkylation sites (tertiary alicyclic amines) is 1. The molecule has 1 aromatic heterocycles. The highest BCUT2D eigenvalue weighted by Crippen LogP contribution is 2.36. The number of carbonyl (C=O) groups excluding carboxylic acids is 2. The molecule has 0 radical (unpaired) electrons. The number of hydrogen-bond acceptors (Lipinski definition) is 5. The van der Waals surface area contributed by atoms with Crippen molar-refractivity contribution < 1.29 is 23.9 Å². The number of rotatable bonds is 7. The van der Waals surface area contributed by atoms with Gasteiger partial charge in [-0.1, -0.05) is 39.0 Å². The van der Waals surface area contributed by atoms with Crippen LogP contribution < -0.4 is 5.32 Å². The summed E-state index contributed by atoms with van der Waals surface area (Å²) in [4.78, 5) is 41.9. The Morgan fingerprint density at radius 3 is 2.53 bits per heavy atom. The minimum absolute atomic E-state index is 0.00262. The lowest BCUT2D eigenvalue weighted by Crippen LogP contribution is -2.73. The van der Waals surface area contributed by atoms with E-state index in [9.17, 15) is 14.4 Å². The Morgan fingerprint density at radius 1 is 1.19 bits per heavy atom. The van der Waals surface area contributed by atoms with Gasteiger partial charge in [0.05, 0.1) is 6.54 Å². The minimum atomic E-state index is -1.08. The van der Waals surface area contributed by atoms with Gasteiger partial charge in [-0.15, -0.1) is 0 Å². The first-order valence-electron chi connectivity index (χ1n) is 12.1. The largest absolute Gasteiger partial charge is 0.475 e. The molecule has 8 heteroatoms. The number of carbonyl (C=O) groups is 3. The molecule has 1 spiro atoms. The molecule has 1 aromatic rings. The van der Waals surface area contributed by atoms with Gasteiger partial charge in [-0.25, -0.2) is 4.79 Å². The van der Waals surface area contributed by atoms with E-state index in [1.807, 2.05) is 4.90 Å². The van der Waals surface area contributed by atoms with Crippen LogP contribution in [0.2, 0.25) is 0 Å². The van der Waals surface area contributed by atoms with Crippen molar-refractivity contribution in [2.45, 2.75) is 82.8 Å². The van der Waals surface area contributed by atoms with E-state index < -0.39 is 17.6 Å². The third-order valence-electron chi connectivity index (χ3n) is 7.48. The van der Waals surface area contributed by atoms with Crippen LogP contribution in [0.1, 0.15) is 81.0 Å². The highest BCUT2D eigenvalue weighted by molar-refractivity contribution is 6.00. The molecular formula is C24H35N3O5. The highest BCUT2D eigenvalue weighted by Gasteiger charge is 2.53. The summed E-state index contributed by atoms with van der Waals surface area (Å²) in [5.74, 6) is 0.0645. The maximum Gasteiger partial charge on any atom is 0.371 e. The number of furan rings is 1. The molecule has 2 saturated heterocycles. The molecule has 3 fully saturated rings. The van der Waals surface area contributed by atoms with Gasteiger partial charge in [0, 0.05) is 19.6 Å². The quantitative estimate of drug-likeness (QED) is 0.669. The van der Waals surface area contributed by atoms with Crippen molar-refractivity contribution in [3.05, 3.63) is 23.7 Å². The van der Waals surface area contributed by atoms with Crippen molar-refractivity contribution >= 4 is 17.8 Å². The maximum absolute atomic E-state index is 13.5. The molecule has 176 valence electrons. The Hall–Kier alpha value is -2.35. The number of hydrogen-bond donors (Lipinski definition) is 2. The number of nitrogens with one attached hydrogen (secondary N) is 1. The molecule has 32 heavy (non-hydrogen) atoms. The monoisotopic (exact) mass is 445 g/mol. The second-order valence-electron chi connectivity index (χ2n) is 9.63. The molecule has 0 bridgehead atoms. The van der Waals surface area contributed by atoms with Gasteiger partial charge in [0.15, 0.2) is 0 Å². The van der Waals surface area contributed by atoms with Gasteiger partial charge >= 0.3 is 5.97 Å². The van der Waals surface area contributed by atoms with Gasteiger partial charge in [0.2, 0.25) is 17.6 Å². The van der Waals surface area contributed by atoms with Crippen LogP contribution >= 0.6 is 0 Å². The van der Waals surface area contributed by atoms with Crippen molar-refractivity contribution in [3.8, 4) is 0 Å². The lowest BCUT2D eigenvalue weighted by Gasteiger charge is -2.52. The highest BCUT2D eigenvalue weighted by atomic mass is 16.4. The molecule has 4 rings (SSSR count). The van der Waals surface area contributed by atoms with Crippen LogP contribution in [-0.4, -0.2) is 63.9 Å². The van der Waals surface area contributed by atoms with E-state index in [0.717, 1.165) is 25.7 Å². The third kappa shape index (κ3) is 4.56. The summed E-state index contributed by atoms with van der Waals surface area (Å²) in [7, 11) is 0. The Morgan fingerprint density at radius 2 is 1.91 bits per heavy atom. The molecule has 2 aliphatic heterocycles. The second kappa shape index (κ2) is 9.65. The number of amides is 2. The summed E-state index contributed by atoms with van der Waals surface area (Å²) in [5, 5.41) is 12.1. The first-order valence-corrected chi connectivity index (χ1v) is 12.1. The van der Waals surface area contributed by atoms with E-state index >= 15 is 0 Å². The Balaban J connectivity index is 1.42. The zero-order valence-corrected chi connectivity index (χ0v) is 19.0. The van der Waals surface area contributed by atoms with E-state index in [1.165, 1.54) is 25.3 Å². The Labute approximate surface area is 189 Å². The lowest BCUT2D eigenvalue weighted by atomic mass is 9.79. The van der Waals surface area contributed by atoms with E-state index in [-0.39, 0.29) is 17.6 Å².